The van der Waals surface area contributed by atoms with Gasteiger partial charge in [0.25, 0.3) is 0 Å². The van der Waals surface area contributed by atoms with E-state index in [0.717, 1.165) is 27.9 Å². The molecule has 0 saturated carbocycles. The van der Waals surface area contributed by atoms with Gasteiger partial charge in [0.1, 0.15) is 0 Å². The van der Waals surface area contributed by atoms with Gasteiger partial charge in [-0.2, -0.15) is 0 Å². The molecule has 0 saturated heterocycles. The number of fused-ring (bicyclic) bond motifs is 1. The van der Waals surface area contributed by atoms with Gasteiger partial charge in [0, 0.05) is 10.7 Å². The van der Waals surface area contributed by atoms with Crippen molar-refractivity contribution in [2.24, 2.45) is 0 Å². The van der Waals surface area contributed by atoms with E-state index in [1.165, 1.54) is 5.56 Å². The van der Waals surface area contributed by atoms with E-state index in [-0.39, 0.29) is 11.9 Å². The van der Waals surface area contributed by atoms with E-state index >= 15 is 0 Å². The number of anilines is 1. The van der Waals surface area contributed by atoms with Gasteiger partial charge >= 0.3 is 0 Å². The third kappa shape index (κ3) is 4.20. The molecule has 0 N–H and O–H groups in total. The molecule has 0 bridgehead atoms. The molecule has 4 rings (SSSR count). The predicted molar refractivity (Wildman–Crippen MR) is 129 cm³/mol. The highest BCUT2D eigenvalue weighted by Gasteiger charge is 2.36. The standard InChI is InChI=1S/C27H28ClNO3/c1-5-31-24-14-20-15-26(30)29(22-12-7-17(3)18(4)13-22)27(19-8-10-21(28)11-9-19)23(20)16-25(24)32-6-2/h7-14,16,27H,5-6,15H2,1-4H3. The largest absolute Gasteiger partial charge is 0.490 e. The average Bonchev–Trinajstić information content (AvgIpc) is 2.77. The Labute approximate surface area is 194 Å². The molecule has 4 nitrogen and oxygen atoms in total. The third-order valence-corrected chi connectivity index (χ3v) is 6.17. The second-order valence-electron chi connectivity index (χ2n) is 8.03. The summed E-state index contributed by atoms with van der Waals surface area (Å²) < 4.78 is 11.7. The smallest absolute Gasteiger partial charge is 0.232 e. The summed E-state index contributed by atoms with van der Waals surface area (Å²) in [4.78, 5) is 15.4. The van der Waals surface area contributed by atoms with Gasteiger partial charge in [-0.3, -0.25) is 4.79 Å². The highest BCUT2D eigenvalue weighted by molar-refractivity contribution is 6.30. The SMILES string of the molecule is CCOc1cc2c(cc1OCC)C(c1ccc(Cl)cc1)N(c1ccc(C)c(C)c1)C(=O)C2. The molecule has 0 spiro atoms. The van der Waals surface area contributed by atoms with Crippen molar-refractivity contribution < 1.29 is 14.3 Å². The zero-order valence-corrected chi connectivity index (χ0v) is 19.7. The molecule has 166 valence electrons. The van der Waals surface area contributed by atoms with Crippen LogP contribution in [0.5, 0.6) is 11.5 Å². The fraction of sp³-hybridized carbons (Fsp3) is 0.296. The van der Waals surface area contributed by atoms with Crippen LogP contribution in [0.15, 0.2) is 54.6 Å². The van der Waals surface area contributed by atoms with Crippen LogP contribution in [-0.4, -0.2) is 19.1 Å². The van der Waals surface area contributed by atoms with Crippen molar-refractivity contribution in [3.63, 3.8) is 0 Å². The Morgan fingerprint density at radius 2 is 1.56 bits per heavy atom. The number of hydrogen-bond donors (Lipinski definition) is 0. The van der Waals surface area contributed by atoms with E-state index in [1.807, 2.05) is 61.2 Å². The number of carbonyl (C=O) groups is 1. The fourth-order valence-corrected chi connectivity index (χ4v) is 4.36. The van der Waals surface area contributed by atoms with Gasteiger partial charge in [0.15, 0.2) is 11.5 Å². The Morgan fingerprint density at radius 3 is 2.19 bits per heavy atom. The Morgan fingerprint density at radius 1 is 0.906 bits per heavy atom. The fourth-order valence-electron chi connectivity index (χ4n) is 4.24. The summed E-state index contributed by atoms with van der Waals surface area (Å²) >= 11 is 6.18. The molecule has 5 heteroatoms. The van der Waals surface area contributed by atoms with Crippen LogP contribution in [0.2, 0.25) is 5.02 Å². The summed E-state index contributed by atoms with van der Waals surface area (Å²) in [7, 11) is 0. The molecule has 1 atom stereocenters. The second-order valence-corrected chi connectivity index (χ2v) is 8.46. The minimum Gasteiger partial charge on any atom is -0.490 e. The predicted octanol–water partition coefficient (Wildman–Crippen LogP) is 6.43. The molecule has 0 radical (unpaired) electrons. The van der Waals surface area contributed by atoms with Crippen LogP contribution < -0.4 is 14.4 Å². The molecule has 1 aliphatic rings. The molecular formula is C27H28ClNO3. The maximum Gasteiger partial charge on any atom is 0.232 e. The van der Waals surface area contributed by atoms with Crippen molar-refractivity contribution in [1.82, 2.24) is 0 Å². The van der Waals surface area contributed by atoms with Crippen molar-refractivity contribution in [3.05, 3.63) is 87.4 Å². The first kappa shape index (κ1) is 22.2. The van der Waals surface area contributed by atoms with E-state index in [1.54, 1.807) is 0 Å². The number of benzene rings is 3. The van der Waals surface area contributed by atoms with E-state index in [4.69, 9.17) is 21.1 Å². The number of ether oxygens (including phenoxy) is 2. The van der Waals surface area contributed by atoms with Crippen molar-refractivity contribution in [3.8, 4) is 11.5 Å². The quantitative estimate of drug-likeness (QED) is 0.435. The minimum atomic E-state index is -0.291. The molecule has 0 aliphatic carbocycles. The lowest BCUT2D eigenvalue weighted by Gasteiger charge is -2.38. The van der Waals surface area contributed by atoms with Crippen LogP contribution in [0.25, 0.3) is 0 Å². The molecule has 1 unspecified atom stereocenters. The summed E-state index contributed by atoms with van der Waals surface area (Å²) in [5.41, 5.74) is 6.22. The molecule has 32 heavy (non-hydrogen) atoms. The van der Waals surface area contributed by atoms with Crippen LogP contribution in [0, 0.1) is 13.8 Å². The number of amides is 1. The molecule has 0 aromatic heterocycles. The maximum absolute atomic E-state index is 13.5. The van der Waals surface area contributed by atoms with Crippen LogP contribution in [-0.2, 0) is 11.2 Å². The molecule has 3 aromatic rings. The van der Waals surface area contributed by atoms with Crippen molar-refractivity contribution in [1.29, 1.82) is 0 Å². The molecule has 3 aromatic carbocycles. The van der Waals surface area contributed by atoms with Gasteiger partial charge in [-0.15, -0.1) is 0 Å². The molecule has 0 fully saturated rings. The van der Waals surface area contributed by atoms with E-state index < -0.39 is 0 Å². The lowest BCUT2D eigenvalue weighted by atomic mass is 9.86. The van der Waals surface area contributed by atoms with E-state index in [9.17, 15) is 4.79 Å². The Balaban J connectivity index is 1.93. The number of nitrogens with zero attached hydrogens (tertiary/aromatic N) is 1. The van der Waals surface area contributed by atoms with Crippen molar-refractivity contribution in [2.45, 2.75) is 40.2 Å². The first-order chi connectivity index (χ1) is 15.4. The maximum atomic E-state index is 13.5. The second kappa shape index (κ2) is 9.25. The third-order valence-electron chi connectivity index (χ3n) is 5.92. The van der Waals surface area contributed by atoms with Crippen molar-refractivity contribution in [2.75, 3.05) is 18.1 Å². The van der Waals surface area contributed by atoms with E-state index in [2.05, 4.69) is 26.0 Å². The van der Waals surface area contributed by atoms with Crippen LogP contribution >= 0.6 is 11.6 Å². The summed E-state index contributed by atoms with van der Waals surface area (Å²) in [6.45, 7) is 9.11. The Bertz CT molecular complexity index is 1140. The van der Waals surface area contributed by atoms with Crippen LogP contribution in [0.4, 0.5) is 5.69 Å². The van der Waals surface area contributed by atoms with Gasteiger partial charge in [-0.1, -0.05) is 29.8 Å². The summed E-state index contributed by atoms with van der Waals surface area (Å²) in [6.07, 6.45) is 0.304. The first-order valence-electron chi connectivity index (χ1n) is 11.0. The Kier molecular flexibility index (Phi) is 6.43. The highest BCUT2D eigenvalue weighted by atomic mass is 35.5. The lowest BCUT2D eigenvalue weighted by Crippen LogP contribution is -2.41. The number of aryl methyl sites for hydroxylation is 2. The topological polar surface area (TPSA) is 38.8 Å². The van der Waals surface area contributed by atoms with Crippen molar-refractivity contribution >= 4 is 23.2 Å². The van der Waals surface area contributed by atoms with Gasteiger partial charge < -0.3 is 14.4 Å². The summed E-state index contributed by atoms with van der Waals surface area (Å²) in [5.74, 6) is 1.42. The zero-order chi connectivity index (χ0) is 22.8. The van der Waals surface area contributed by atoms with E-state index in [0.29, 0.717) is 36.2 Å². The van der Waals surface area contributed by atoms with Gasteiger partial charge in [-0.05, 0) is 91.9 Å². The Hall–Kier alpha value is -2.98. The molecular weight excluding hydrogens is 422 g/mol. The van der Waals surface area contributed by atoms with Gasteiger partial charge in [0.05, 0.1) is 25.7 Å². The van der Waals surface area contributed by atoms with Gasteiger partial charge in [0.2, 0.25) is 5.91 Å². The minimum absolute atomic E-state index is 0.0484. The summed E-state index contributed by atoms with van der Waals surface area (Å²) in [5, 5.41) is 0.663. The number of halogens is 1. The summed E-state index contributed by atoms with van der Waals surface area (Å²) in [6, 6.07) is 17.6. The lowest BCUT2D eigenvalue weighted by molar-refractivity contribution is -0.118. The van der Waals surface area contributed by atoms with Crippen LogP contribution in [0.3, 0.4) is 0 Å². The normalized spacial score (nSPS) is 15.5. The first-order valence-corrected chi connectivity index (χ1v) is 11.4. The zero-order valence-electron chi connectivity index (χ0n) is 18.9. The number of hydrogen-bond acceptors (Lipinski definition) is 3. The molecule has 1 amide bonds. The monoisotopic (exact) mass is 449 g/mol. The number of carbonyl (C=O) groups excluding carboxylic acids is 1. The van der Waals surface area contributed by atoms with Gasteiger partial charge in [-0.25, -0.2) is 0 Å². The molecule has 1 heterocycles. The molecule has 1 aliphatic heterocycles. The average molecular weight is 450 g/mol. The highest BCUT2D eigenvalue weighted by Crippen LogP contribution is 2.43. The van der Waals surface area contributed by atoms with Crippen LogP contribution in [0.1, 0.15) is 47.7 Å². The number of rotatable bonds is 6.